The number of aliphatic imine (C=N–C) groups is 1. The van der Waals surface area contributed by atoms with Crippen LogP contribution >= 0.6 is 0 Å². The van der Waals surface area contributed by atoms with Crippen LogP contribution in [-0.2, 0) is 9.53 Å². The van der Waals surface area contributed by atoms with Gasteiger partial charge < -0.3 is 10.5 Å². The zero-order valence-corrected chi connectivity index (χ0v) is 6.33. The van der Waals surface area contributed by atoms with Crippen LogP contribution in [0.1, 0.15) is 0 Å². The van der Waals surface area contributed by atoms with Crippen LogP contribution in [0.5, 0.6) is 0 Å². The summed E-state index contributed by atoms with van der Waals surface area (Å²) < 4.78 is 4.37. The number of carbonyl (C=O) groups is 1. The van der Waals surface area contributed by atoms with Gasteiger partial charge in [-0.3, -0.25) is 4.99 Å². The third kappa shape index (κ3) is 2.25. The Labute approximate surface area is 65.1 Å². The number of hydrogen-bond donors (Lipinski definition) is 1. The molecule has 0 bridgehead atoms. The van der Waals surface area contributed by atoms with E-state index in [1.54, 1.807) is 0 Å². The average molecular weight is 154 g/mol. The number of hydrogen-bond acceptors (Lipinski definition) is 4. The van der Waals surface area contributed by atoms with Crippen molar-refractivity contribution in [3.8, 4) is 0 Å². The third-order valence-corrected chi connectivity index (χ3v) is 1.03. The van der Waals surface area contributed by atoms with E-state index in [1.165, 1.54) is 13.2 Å². The van der Waals surface area contributed by atoms with Gasteiger partial charge in [0.1, 0.15) is 0 Å². The van der Waals surface area contributed by atoms with Gasteiger partial charge in [0, 0.05) is 0 Å². The van der Waals surface area contributed by atoms with Crippen molar-refractivity contribution in [2.45, 2.75) is 0 Å². The normalized spacial score (nSPS) is 11.4. The molecule has 0 saturated heterocycles. The monoisotopic (exact) mass is 154 g/mol. The first kappa shape index (κ1) is 9.42. The molecular weight excluding hydrogens is 144 g/mol. The van der Waals surface area contributed by atoms with Crippen molar-refractivity contribution in [1.29, 1.82) is 0 Å². The number of ether oxygens (including phenoxy) is 1. The van der Waals surface area contributed by atoms with Crippen molar-refractivity contribution in [2.24, 2.45) is 10.7 Å². The Balaban J connectivity index is 4.78. The summed E-state index contributed by atoms with van der Waals surface area (Å²) in [6.45, 7) is 6.53. The molecule has 0 amide bonds. The molecule has 0 aliphatic rings. The molecule has 4 nitrogen and oxygen atoms in total. The molecule has 0 aromatic rings. The minimum absolute atomic E-state index is 0.0116. The predicted octanol–water partition coefficient (Wildman–Crippen LogP) is 0.216. The molecule has 0 fully saturated rings. The van der Waals surface area contributed by atoms with Crippen molar-refractivity contribution >= 4 is 12.7 Å². The highest BCUT2D eigenvalue weighted by Gasteiger charge is 2.09. The van der Waals surface area contributed by atoms with Crippen molar-refractivity contribution in [3.63, 3.8) is 0 Å². The van der Waals surface area contributed by atoms with Gasteiger partial charge in [-0.2, -0.15) is 0 Å². The van der Waals surface area contributed by atoms with E-state index < -0.39 is 5.97 Å². The Hall–Kier alpha value is -1.58. The summed E-state index contributed by atoms with van der Waals surface area (Å²) in [6.07, 6.45) is 1.31. The lowest BCUT2D eigenvalue weighted by molar-refractivity contribution is -0.136. The van der Waals surface area contributed by atoms with Crippen LogP contribution in [-0.4, -0.2) is 19.8 Å². The standard InChI is InChI=1S/C7H10N2O2/c1-4-5(8)6(9-2)7(10)11-3/h4H,1-2,8H2,3H3/b6-5+. The Morgan fingerprint density at radius 3 is 2.55 bits per heavy atom. The molecule has 0 saturated carbocycles. The second-order valence-electron chi connectivity index (χ2n) is 1.66. The molecular formula is C7H10N2O2. The molecule has 0 aromatic heterocycles. The van der Waals surface area contributed by atoms with Crippen LogP contribution < -0.4 is 5.73 Å². The van der Waals surface area contributed by atoms with Gasteiger partial charge in [-0.25, -0.2) is 4.79 Å². The zero-order valence-electron chi connectivity index (χ0n) is 6.33. The number of nitrogens with two attached hydrogens (primary N) is 1. The van der Waals surface area contributed by atoms with Gasteiger partial charge in [0.25, 0.3) is 0 Å². The summed E-state index contributed by atoms with van der Waals surface area (Å²) in [7, 11) is 1.24. The first-order valence-electron chi connectivity index (χ1n) is 2.84. The topological polar surface area (TPSA) is 64.7 Å². The van der Waals surface area contributed by atoms with E-state index in [0.29, 0.717) is 0 Å². The molecule has 0 unspecified atom stereocenters. The highest BCUT2D eigenvalue weighted by Crippen LogP contribution is 2.02. The van der Waals surface area contributed by atoms with Crippen LogP contribution in [0, 0.1) is 0 Å². The van der Waals surface area contributed by atoms with Gasteiger partial charge >= 0.3 is 5.97 Å². The van der Waals surface area contributed by atoms with Gasteiger partial charge in [-0.05, 0) is 12.8 Å². The van der Waals surface area contributed by atoms with Crippen LogP contribution in [0.3, 0.4) is 0 Å². The fourth-order valence-electron chi connectivity index (χ4n) is 0.467. The molecule has 11 heavy (non-hydrogen) atoms. The molecule has 4 heteroatoms. The second-order valence-corrected chi connectivity index (χ2v) is 1.66. The number of nitrogens with zero attached hydrogens (tertiary/aromatic N) is 1. The predicted molar refractivity (Wildman–Crippen MR) is 43.0 cm³/mol. The van der Waals surface area contributed by atoms with E-state index >= 15 is 0 Å². The fourth-order valence-corrected chi connectivity index (χ4v) is 0.467. The average Bonchev–Trinajstić information content (AvgIpc) is 2.05. The molecule has 0 heterocycles. The van der Waals surface area contributed by atoms with E-state index in [9.17, 15) is 4.79 Å². The van der Waals surface area contributed by atoms with E-state index in [-0.39, 0.29) is 11.4 Å². The van der Waals surface area contributed by atoms with Crippen LogP contribution in [0.4, 0.5) is 0 Å². The van der Waals surface area contributed by atoms with E-state index in [0.717, 1.165) is 0 Å². The van der Waals surface area contributed by atoms with E-state index in [2.05, 4.69) is 23.0 Å². The lowest BCUT2D eigenvalue weighted by Gasteiger charge is -1.99. The maximum Gasteiger partial charge on any atom is 0.358 e. The number of allylic oxidation sites excluding steroid dienone is 1. The van der Waals surface area contributed by atoms with E-state index in [1.807, 2.05) is 0 Å². The quantitative estimate of drug-likeness (QED) is 0.273. The first-order chi connectivity index (χ1) is 5.17. The molecule has 0 aliphatic heterocycles. The Bertz CT molecular complexity index is 218. The number of methoxy groups -OCH3 is 1. The van der Waals surface area contributed by atoms with Gasteiger partial charge in [0.2, 0.25) is 0 Å². The molecule has 60 valence electrons. The van der Waals surface area contributed by atoms with E-state index in [4.69, 9.17) is 5.73 Å². The summed E-state index contributed by atoms with van der Waals surface area (Å²) in [6, 6.07) is 0. The smallest absolute Gasteiger partial charge is 0.358 e. The molecule has 0 radical (unpaired) electrons. The molecule has 0 aliphatic carbocycles. The first-order valence-corrected chi connectivity index (χ1v) is 2.84. The lowest BCUT2D eigenvalue weighted by Crippen LogP contribution is -2.09. The number of rotatable bonds is 3. The van der Waals surface area contributed by atoms with Crippen LogP contribution in [0.2, 0.25) is 0 Å². The summed E-state index contributed by atoms with van der Waals surface area (Å²) in [5, 5.41) is 0. The maximum absolute atomic E-state index is 10.8. The Morgan fingerprint density at radius 2 is 2.27 bits per heavy atom. The summed E-state index contributed by atoms with van der Waals surface area (Å²) in [5.41, 5.74) is 5.48. The van der Waals surface area contributed by atoms with Gasteiger partial charge in [0.05, 0.1) is 12.8 Å². The fraction of sp³-hybridized carbons (Fsp3) is 0.143. The largest absolute Gasteiger partial charge is 0.464 e. The minimum atomic E-state index is -0.614. The molecule has 0 aromatic carbocycles. The summed E-state index contributed by atoms with van der Waals surface area (Å²) >= 11 is 0. The van der Waals surface area contributed by atoms with Crippen molar-refractivity contribution in [3.05, 3.63) is 24.0 Å². The SMILES string of the molecule is C=C/C(N)=C(\N=C)C(=O)OC. The van der Waals surface area contributed by atoms with Crippen molar-refractivity contribution in [1.82, 2.24) is 0 Å². The molecule has 2 N–H and O–H groups in total. The van der Waals surface area contributed by atoms with Gasteiger partial charge in [-0.1, -0.05) is 6.58 Å². The molecule has 0 rings (SSSR count). The number of esters is 1. The van der Waals surface area contributed by atoms with Crippen molar-refractivity contribution < 1.29 is 9.53 Å². The number of carbonyl (C=O) groups excluding carboxylic acids is 1. The van der Waals surface area contributed by atoms with Crippen LogP contribution in [0.15, 0.2) is 29.0 Å². The van der Waals surface area contributed by atoms with Gasteiger partial charge in [0.15, 0.2) is 5.70 Å². The van der Waals surface area contributed by atoms with Gasteiger partial charge in [-0.15, -0.1) is 0 Å². The molecule has 0 atom stereocenters. The zero-order chi connectivity index (χ0) is 8.85. The minimum Gasteiger partial charge on any atom is -0.464 e. The van der Waals surface area contributed by atoms with Crippen molar-refractivity contribution in [2.75, 3.05) is 7.11 Å². The highest BCUT2D eigenvalue weighted by atomic mass is 16.5. The molecule has 0 spiro atoms. The maximum atomic E-state index is 10.8. The third-order valence-electron chi connectivity index (χ3n) is 1.03. The lowest BCUT2D eigenvalue weighted by atomic mass is 10.3. The Morgan fingerprint density at radius 1 is 1.73 bits per heavy atom. The summed E-state index contributed by atoms with van der Waals surface area (Å²) in [5.74, 6) is -0.614. The highest BCUT2D eigenvalue weighted by molar-refractivity contribution is 5.90. The second kappa shape index (κ2) is 4.27. The van der Waals surface area contributed by atoms with Crippen LogP contribution in [0.25, 0.3) is 0 Å². The summed E-state index contributed by atoms with van der Waals surface area (Å²) in [4.78, 5) is 14.2. The Kier molecular flexibility index (Phi) is 3.66.